The predicted octanol–water partition coefficient (Wildman–Crippen LogP) is 3.38. The van der Waals surface area contributed by atoms with E-state index in [1.54, 1.807) is 0 Å². The third-order valence-electron chi connectivity index (χ3n) is 1.89. The molecule has 2 heteroatoms. The third-order valence-corrected chi connectivity index (χ3v) is 1.89. The van der Waals surface area contributed by atoms with Crippen LogP contribution in [0, 0.1) is 0 Å². The number of rotatable bonds is 5. The molecule has 0 atom stereocenters. The van der Waals surface area contributed by atoms with Gasteiger partial charge in [-0.2, -0.15) is 0 Å². The maximum absolute atomic E-state index is 11.9. The van der Waals surface area contributed by atoms with Crippen molar-refractivity contribution in [3.63, 3.8) is 0 Å². The van der Waals surface area contributed by atoms with Crippen molar-refractivity contribution in [2.75, 3.05) is 6.67 Å². The molecule has 0 radical (unpaired) electrons. The zero-order valence-corrected chi connectivity index (χ0v) is 8.79. The van der Waals surface area contributed by atoms with Gasteiger partial charge >= 0.3 is 0 Å². The van der Waals surface area contributed by atoms with Crippen LogP contribution in [-0.2, 0) is 6.42 Å². The lowest BCUT2D eigenvalue weighted by atomic mass is 10.1. The fourth-order valence-corrected chi connectivity index (χ4v) is 1.28. The van der Waals surface area contributed by atoms with Crippen LogP contribution in [0.4, 0.5) is 4.39 Å². The summed E-state index contributed by atoms with van der Waals surface area (Å²) in [5.74, 6) is 0.879. The minimum absolute atomic E-state index is 0.201. The zero-order valence-electron chi connectivity index (χ0n) is 8.79. The minimum Gasteiger partial charge on any atom is -0.491 e. The van der Waals surface area contributed by atoms with Crippen molar-refractivity contribution >= 4 is 0 Å². The quantitative estimate of drug-likeness (QED) is 0.701. The van der Waals surface area contributed by atoms with Crippen LogP contribution in [0.1, 0.15) is 25.8 Å². The number of aryl methyl sites for hydroxylation is 1. The molecule has 0 N–H and O–H groups in total. The van der Waals surface area contributed by atoms with Crippen LogP contribution in [0.15, 0.2) is 24.3 Å². The molecule has 0 amide bonds. The second-order valence-corrected chi connectivity index (χ2v) is 3.60. The average molecular weight is 196 g/mol. The summed E-state index contributed by atoms with van der Waals surface area (Å²) in [7, 11) is 0. The van der Waals surface area contributed by atoms with E-state index >= 15 is 0 Å². The van der Waals surface area contributed by atoms with Crippen LogP contribution in [0.5, 0.6) is 5.75 Å². The molecule has 1 rings (SSSR count). The highest BCUT2D eigenvalue weighted by atomic mass is 19.1. The SMILES string of the molecule is CC(C)Oc1ccc(CCCF)cc1. The first-order valence-electron chi connectivity index (χ1n) is 5.04. The smallest absolute Gasteiger partial charge is 0.119 e. The summed E-state index contributed by atoms with van der Waals surface area (Å²) >= 11 is 0. The lowest BCUT2D eigenvalue weighted by Gasteiger charge is -2.09. The van der Waals surface area contributed by atoms with Crippen LogP contribution < -0.4 is 4.74 Å². The number of hydrogen-bond donors (Lipinski definition) is 0. The molecule has 0 aliphatic carbocycles. The monoisotopic (exact) mass is 196 g/mol. The number of halogens is 1. The number of ether oxygens (including phenoxy) is 1. The van der Waals surface area contributed by atoms with E-state index in [1.807, 2.05) is 38.1 Å². The average Bonchev–Trinajstić information content (AvgIpc) is 2.16. The van der Waals surface area contributed by atoms with Gasteiger partial charge < -0.3 is 4.74 Å². The van der Waals surface area contributed by atoms with Crippen molar-refractivity contribution in [2.45, 2.75) is 32.8 Å². The number of benzene rings is 1. The largest absolute Gasteiger partial charge is 0.491 e. The van der Waals surface area contributed by atoms with E-state index in [0.29, 0.717) is 6.42 Å². The van der Waals surface area contributed by atoms with Gasteiger partial charge in [0.1, 0.15) is 5.75 Å². The van der Waals surface area contributed by atoms with Crippen LogP contribution in [0.2, 0.25) is 0 Å². The molecule has 0 unspecified atom stereocenters. The van der Waals surface area contributed by atoms with Gasteiger partial charge in [0.15, 0.2) is 0 Å². The van der Waals surface area contributed by atoms with Gasteiger partial charge in [-0.05, 0) is 44.4 Å². The molecule has 0 aliphatic heterocycles. The Morgan fingerprint density at radius 1 is 1.21 bits per heavy atom. The predicted molar refractivity (Wildman–Crippen MR) is 56.5 cm³/mol. The van der Waals surface area contributed by atoms with E-state index in [-0.39, 0.29) is 12.8 Å². The molecule has 0 saturated heterocycles. The molecule has 0 aromatic heterocycles. The second-order valence-electron chi connectivity index (χ2n) is 3.60. The summed E-state index contributed by atoms with van der Waals surface area (Å²) < 4.78 is 17.4. The molecule has 78 valence electrons. The van der Waals surface area contributed by atoms with Gasteiger partial charge in [0.25, 0.3) is 0 Å². The van der Waals surface area contributed by atoms with Gasteiger partial charge in [-0.15, -0.1) is 0 Å². The molecule has 0 bridgehead atoms. The summed E-state index contributed by atoms with van der Waals surface area (Å²) in [5.41, 5.74) is 1.17. The van der Waals surface area contributed by atoms with E-state index < -0.39 is 0 Å². The lowest BCUT2D eigenvalue weighted by molar-refractivity contribution is 0.242. The first-order chi connectivity index (χ1) is 6.72. The van der Waals surface area contributed by atoms with Crippen molar-refractivity contribution in [3.8, 4) is 5.75 Å². The Kier molecular flexibility index (Phi) is 4.44. The van der Waals surface area contributed by atoms with Crippen LogP contribution in [0.3, 0.4) is 0 Å². The van der Waals surface area contributed by atoms with Crippen molar-refractivity contribution in [2.24, 2.45) is 0 Å². The topological polar surface area (TPSA) is 9.23 Å². The molecular weight excluding hydrogens is 179 g/mol. The standard InChI is InChI=1S/C12H17FO/c1-10(2)14-12-7-5-11(6-8-12)4-3-9-13/h5-8,10H,3-4,9H2,1-2H3. The number of hydrogen-bond acceptors (Lipinski definition) is 1. The molecule has 0 aliphatic rings. The summed E-state index contributed by atoms with van der Waals surface area (Å²) in [4.78, 5) is 0. The maximum atomic E-state index is 11.9. The molecule has 1 nitrogen and oxygen atoms in total. The fourth-order valence-electron chi connectivity index (χ4n) is 1.28. The Hall–Kier alpha value is -1.05. The van der Waals surface area contributed by atoms with Gasteiger partial charge in [0, 0.05) is 0 Å². The van der Waals surface area contributed by atoms with Crippen molar-refractivity contribution in [1.82, 2.24) is 0 Å². The van der Waals surface area contributed by atoms with Crippen LogP contribution in [-0.4, -0.2) is 12.8 Å². The zero-order chi connectivity index (χ0) is 10.4. The first-order valence-corrected chi connectivity index (χ1v) is 5.04. The van der Waals surface area contributed by atoms with Crippen molar-refractivity contribution in [3.05, 3.63) is 29.8 Å². The first kappa shape index (κ1) is 11.0. The van der Waals surface area contributed by atoms with Gasteiger partial charge in [0.2, 0.25) is 0 Å². The van der Waals surface area contributed by atoms with Crippen LogP contribution in [0.25, 0.3) is 0 Å². The highest BCUT2D eigenvalue weighted by molar-refractivity contribution is 5.27. The second kappa shape index (κ2) is 5.63. The van der Waals surface area contributed by atoms with Crippen molar-refractivity contribution < 1.29 is 9.13 Å². The summed E-state index contributed by atoms with van der Waals surface area (Å²) in [6.07, 6.45) is 1.61. The summed E-state index contributed by atoms with van der Waals surface area (Å²) in [6, 6.07) is 7.86. The normalized spacial score (nSPS) is 10.6. The Balaban J connectivity index is 2.50. The van der Waals surface area contributed by atoms with E-state index in [9.17, 15) is 4.39 Å². The molecule has 14 heavy (non-hydrogen) atoms. The molecule has 1 aromatic rings. The highest BCUT2D eigenvalue weighted by Gasteiger charge is 1.97. The lowest BCUT2D eigenvalue weighted by Crippen LogP contribution is -2.05. The van der Waals surface area contributed by atoms with Gasteiger partial charge in [-0.25, -0.2) is 0 Å². The molecule has 0 saturated carbocycles. The third kappa shape index (κ3) is 3.77. The molecule has 0 spiro atoms. The molecule has 0 heterocycles. The molecule has 0 fully saturated rings. The van der Waals surface area contributed by atoms with Crippen molar-refractivity contribution in [1.29, 1.82) is 0 Å². The van der Waals surface area contributed by atoms with E-state index in [1.165, 1.54) is 5.56 Å². The summed E-state index contributed by atoms with van der Waals surface area (Å²) in [5, 5.41) is 0. The fraction of sp³-hybridized carbons (Fsp3) is 0.500. The van der Waals surface area contributed by atoms with Crippen LogP contribution >= 0.6 is 0 Å². The maximum Gasteiger partial charge on any atom is 0.119 e. The summed E-state index contributed by atoms with van der Waals surface area (Å²) in [6.45, 7) is 3.75. The Morgan fingerprint density at radius 2 is 1.86 bits per heavy atom. The van der Waals surface area contributed by atoms with Gasteiger partial charge in [-0.1, -0.05) is 12.1 Å². The molecular formula is C12H17FO. The van der Waals surface area contributed by atoms with E-state index in [2.05, 4.69) is 0 Å². The van der Waals surface area contributed by atoms with E-state index in [0.717, 1.165) is 12.2 Å². The Labute approximate surface area is 84.9 Å². The molecule has 1 aromatic carbocycles. The Morgan fingerprint density at radius 3 is 2.36 bits per heavy atom. The highest BCUT2D eigenvalue weighted by Crippen LogP contribution is 2.14. The number of alkyl halides is 1. The Bertz CT molecular complexity index is 254. The van der Waals surface area contributed by atoms with Gasteiger partial charge in [-0.3, -0.25) is 4.39 Å². The minimum atomic E-state index is -0.246. The van der Waals surface area contributed by atoms with E-state index in [4.69, 9.17) is 4.74 Å². The van der Waals surface area contributed by atoms with Gasteiger partial charge in [0.05, 0.1) is 12.8 Å².